The summed E-state index contributed by atoms with van der Waals surface area (Å²) >= 11 is 0. The first-order valence-corrected chi connectivity index (χ1v) is 7.83. The Labute approximate surface area is 136 Å². The van der Waals surface area contributed by atoms with Crippen molar-refractivity contribution in [2.75, 3.05) is 25.2 Å². The number of carbonyl (C=O) groups is 2. The fourth-order valence-electron chi connectivity index (χ4n) is 2.85. The third kappa shape index (κ3) is 3.89. The van der Waals surface area contributed by atoms with Crippen LogP contribution in [0.4, 0.5) is 5.69 Å². The van der Waals surface area contributed by atoms with E-state index in [-0.39, 0.29) is 17.7 Å². The minimum Gasteiger partial charge on any atom is -0.385 e. The molecule has 6 nitrogen and oxygen atoms in total. The predicted molar refractivity (Wildman–Crippen MR) is 87.3 cm³/mol. The van der Waals surface area contributed by atoms with Crippen LogP contribution in [0.3, 0.4) is 0 Å². The van der Waals surface area contributed by atoms with E-state index < -0.39 is 6.23 Å². The Morgan fingerprint density at radius 1 is 1.43 bits per heavy atom. The summed E-state index contributed by atoms with van der Waals surface area (Å²) in [5.74, 6) is -0.425. The van der Waals surface area contributed by atoms with Gasteiger partial charge in [0, 0.05) is 44.4 Å². The number of carbonyl (C=O) groups excluding carboxylic acids is 2. The Balaban J connectivity index is 2.17. The number of rotatable bonds is 5. The molecule has 0 saturated carbocycles. The highest BCUT2D eigenvalue weighted by molar-refractivity contribution is 5.97. The second-order valence-electron chi connectivity index (χ2n) is 5.93. The molecule has 2 N–H and O–H groups in total. The molecule has 2 rings (SSSR count). The van der Waals surface area contributed by atoms with Gasteiger partial charge in [-0.15, -0.1) is 0 Å². The van der Waals surface area contributed by atoms with Crippen LogP contribution in [0, 0.1) is 5.92 Å². The molecule has 1 aromatic carbocycles. The molecule has 126 valence electrons. The van der Waals surface area contributed by atoms with Crippen molar-refractivity contribution >= 4 is 17.5 Å². The Kier molecular flexibility index (Phi) is 5.74. The van der Waals surface area contributed by atoms with Crippen LogP contribution in [0.15, 0.2) is 18.2 Å². The second kappa shape index (κ2) is 7.57. The molecule has 1 aliphatic rings. The standard InChI is InChI=1S/C17H24N2O4/c1-11-9-14-10-13(16(21)18-7-4-8-23-3)5-6-15(14)19(12(2)20)17(11)22/h5-6,10-11,17,22H,4,7-9H2,1-3H3,(H,18,21)/t11-,17+/m1/s1. The third-order valence-electron chi connectivity index (χ3n) is 4.07. The number of fused-ring (bicyclic) bond motifs is 1. The SMILES string of the molecule is COCCCNC(=O)c1ccc2c(c1)C[C@@H](C)[C@H](O)N2C(C)=O. The van der Waals surface area contributed by atoms with Gasteiger partial charge in [-0.25, -0.2) is 0 Å². The molecule has 0 radical (unpaired) electrons. The molecular weight excluding hydrogens is 296 g/mol. The molecule has 23 heavy (non-hydrogen) atoms. The molecule has 1 aliphatic heterocycles. The maximum absolute atomic E-state index is 12.2. The molecule has 6 heteroatoms. The van der Waals surface area contributed by atoms with E-state index in [1.54, 1.807) is 25.3 Å². The van der Waals surface area contributed by atoms with Gasteiger partial charge >= 0.3 is 0 Å². The van der Waals surface area contributed by atoms with Crippen molar-refractivity contribution in [3.63, 3.8) is 0 Å². The number of aliphatic hydroxyl groups excluding tert-OH is 1. The molecule has 1 heterocycles. The number of nitrogens with one attached hydrogen (secondary N) is 1. The van der Waals surface area contributed by atoms with E-state index >= 15 is 0 Å². The minimum absolute atomic E-state index is 0.0774. The summed E-state index contributed by atoms with van der Waals surface area (Å²) in [7, 11) is 1.63. The van der Waals surface area contributed by atoms with E-state index in [0.29, 0.717) is 30.8 Å². The van der Waals surface area contributed by atoms with Crippen molar-refractivity contribution in [3.05, 3.63) is 29.3 Å². The molecule has 1 aromatic rings. The van der Waals surface area contributed by atoms with Crippen LogP contribution < -0.4 is 10.2 Å². The lowest BCUT2D eigenvalue weighted by atomic mass is 9.90. The Bertz CT molecular complexity index is 588. The molecule has 0 spiro atoms. The van der Waals surface area contributed by atoms with E-state index in [4.69, 9.17) is 4.74 Å². The number of benzene rings is 1. The van der Waals surface area contributed by atoms with Crippen LogP contribution in [-0.4, -0.2) is 43.4 Å². The quantitative estimate of drug-likeness (QED) is 0.802. The Morgan fingerprint density at radius 2 is 2.17 bits per heavy atom. The van der Waals surface area contributed by atoms with Crippen LogP contribution in [-0.2, 0) is 16.0 Å². The van der Waals surface area contributed by atoms with Crippen molar-refractivity contribution in [3.8, 4) is 0 Å². The summed E-state index contributed by atoms with van der Waals surface area (Å²) in [4.78, 5) is 25.4. The fourth-order valence-corrected chi connectivity index (χ4v) is 2.85. The number of methoxy groups -OCH3 is 1. The highest BCUT2D eigenvalue weighted by Crippen LogP contribution is 2.33. The van der Waals surface area contributed by atoms with Gasteiger partial charge in [0.15, 0.2) is 0 Å². The lowest BCUT2D eigenvalue weighted by Crippen LogP contribution is -2.47. The number of ether oxygens (including phenoxy) is 1. The van der Waals surface area contributed by atoms with Crippen molar-refractivity contribution < 1.29 is 19.4 Å². The van der Waals surface area contributed by atoms with Gasteiger partial charge in [0.1, 0.15) is 6.23 Å². The lowest BCUT2D eigenvalue weighted by molar-refractivity contribution is -0.119. The summed E-state index contributed by atoms with van der Waals surface area (Å²) in [6, 6.07) is 5.22. The lowest BCUT2D eigenvalue weighted by Gasteiger charge is -2.37. The zero-order chi connectivity index (χ0) is 17.0. The molecule has 0 bridgehead atoms. The largest absolute Gasteiger partial charge is 0.385 e. The first kappa shape index (κ1) is 17.4. The van der Waals surface area contributed by atoms with Crippen molar-refractivity contribution in [2.45, 2.75) is 32.9 Å². The summed E-state index contributed by atoms with van der Waals surface area (Å²) in [6.45, 7) is 4.48. The second-order valence-corrected chi connectivity index (χ2v) is 5.93. The predicted octanol–water partition coefficient (Wildman–Crippen LogP) is 1.32. The summed E-state index contributed by atoms with van der Waals surface area (Å²) in [5, 5.41) is 13.1. The molecule has 0 unspecified atom stereocenters. The Hall–Kier alpha value is -1.92. The van der Waals surface area contributed by atoms with Gasteiger partial charge in [-0.1, -0.05) is 6.92 Å². The van der Waals surface area contributed by atoms with E-state index in [2.05, 4.69) is 5.32 Å². The molecule has 0 saturated heterocycles. The van der Waals surface area contributed by atoms with Gasteiger partial charge in [0.2, 0.25) is 5.91 Å². The monoisotopic (exact) mass is 320 g/mol. The molecule has 0 aliphatic carbocycles. The van der Waals surface area contributed by atoms with Gasteiger partial charge in [-0.05, 0) is 36.6 Å². The zero-order valence-corrected chi connectivity index (χ0v) is 13.8. The van der Waals surface area contributed by atoms with Gasteiger partial charge < -0.3 is 15.2 Å². The van der Waals surface area contributed by atoms with Crippen LogP contribution in [0.5, 0.6) is 0 Å². The van der Waals surface area contributed by atoms with Crippen LogP contribution >= 0.6 is 0 Å². The first-order valence-electron chi connectivity index (χ1n) is 7.83. The number of amides is 2. The first-order chi connectivity index (χ1) is 11.0. The Morgan fingerprint density at radius 3 is 2.83 bits per heavy atom. The van der Waals surface area contributed by atoms with Crippen LogP contribution in [0.25, 0.3) is 0 Å². The normalized spacial score (nSPS) is 20.1. The smallest absolute Gasteiger partial charge is 0.251 e. The maximum atomic E-state index is 12.2. The van der Waals surface area contributed by atoms with Crippen LogP contribution in [0.2, 0.25) is 0 Å². The number of anilines is 1. The molecule has 2 atom stereocenters. The van der Waals surface area contributed by atoms with E-state index in [1.165, 1.54) is 11.8 Å². The van der Waals surface area contributed by atoms with Gasteiger partial charge in [-0.3, -0.25) is 14.5 Å². The average Bonchev–Trinajstić information content (AvgIpc) is 2.51. The van der Waals surface area contributed by atoms with Gasteiger partial charge in [-0.2, -0.15) is 0 Å². The number of hydrogen-bond donors (Lipinski definition) is 2. The third-order valence-corrected chi connectivity index (χ3v) is 4.07. The summed E-state index contributed by atoms with van der Waals surface area (Å²) in [6.07, 6.45) is 0.563. The van der Waals surface area contributed by atoms with E-state index in [0.717, 1.165) is 12.0 Å². The summed E-state index contributed by atoms with van der Waals surface area (Å²) in [5.41, 5.74) is 2.15. The van der Waals surface area contributed by atoms with E-state index in [9.17, 15) is 14.7 Å². The van der Waals surface area contributed by atoms with Crippen LogP contribution in [0.1, 0.15) is 36.2 Å². The highest BCUT2D eigenvalue weighted by Gasteiger charge is 2.33. The van der Waals surface area contributed by atoms with Crippen molar-refractivity contribution in [2.24, 2.45) is 5.92 Å². The molecule has 0 fully saturated rings. The number of aliphatic hydroxyl groups is 1. The van der Waals surface area contributed by atoms with Gasteiger partial charge in [0.25, 0.3) is 5.91 Å². The zero-order valence-electron chi connectivity index (χ0n) is 13.8. The average molecular weight is 320 g/mol. The number of hydrogen-bond acceptors (Lipinski definition) is 4. The molecule has 0 aromatic heterocycles. The molecular formula is C17H24N2O4. The fraction of sp³-hybridized carbons (Fsp3) is 0.529. The topological polar surface area (TPSA) is 78.9 Å². The van der Waals surface area contributed by atoms with Crippen molar-refractivity contribution in [1.29, 1.82) is 0 Å². The summed E-state index contributed by atoms with van der Waals surface area (Å²) < 4.78 is 4.95. The van der Waals surface area contributed by atoms with Crippen molar-refractivity contribution in [1.82, 2.24) is 5.32 Å². The van der Waals surface area contributed by atoms with Gasteiger partial charge in [0.05, 0.1) is 0 Å². The molecule has 2 amide bonds. The highest BCUT2D eigenvalue weighted by atomic mass is 16.5. The minimum atomic E-state index is -0.825. The van der Waals surface area contributed by atoms with E-state index in [1.807, 2.05) is 6.92 Å². The maximum Gasteiger partial charge on any atom is 0.251 e. The number of nitrogens with zero attached hydrogens (tertiary/aromatic N) is 1.